The van der Waals surface area contributed by atoms with Crippen molar-refractivity contribution >= 4 is 23.0 Å². The lowest BCUT2D eigenvalue weighted by Gasteiger charge is -2.10. The molecule has 0 aliphatic rings. The summed E-state index contributed by atoms with van der Waals surface area (Å²) in [6, 6.07) is 13.0. The van der Waals surface area contributed by atoms with E-state index in [4.69, 9.17) is 0 Å². The predicted octanol–water partition coefficient (Wildman–Crippen LogP) is 3.13. The fourth-order valence-electron chi connectivity index (χ4n) is 1.71. The van der Waals surface area contributed by atoms with Crippen molar-refractivity contribution in [3.05, 3.63) is 64.2 Å². The number of carbonyl (C=O) groups excluding carboxylic acids is 1. The van der Waals surface area contributed by atoms with E-state index >= 15 is 0 Å². The summed E-state index contributed by atoms with van der Waals surface area (Å²) in [4.78, 5) is 22.0. The molecule has 0 aliphatic carbocycles. The van der Waals surface area contributed by atoms with Gasteiger partial charge in [0, 0.05) is 17.8 Å². The van der Waals surface area contributed by atoms with Gasteiger partial charge in [-0.1, -0.05) is 18.2 Å². The third-order valence-corrected chi connectivity index (χ3v) is 2.67. The van der Waals surface area contributed by atoms with Gasteiger partial charge in [-0.25, -0.2) is 4.79 Å². The highest BCUT2D eigenvalue weighted by Gasteiger charge is 2.16. The van der Waals surface area contributed by atoms with Crippen molar-refractivity contribution in [1.82, 2.24) is 0 Å². The largest absolute Gasteiger partial charge is 0.465 e. The van der Waals surface area contributed by atoms with Gasteiger partial charge in [-0.15, -0.1) is 0 Å². The Kier molecular flexibility index (Phi) is 3.95. The van der Waals surface area contributed by atoms with Crippen molar-refractivity contribution < 1.29 is 14.5 Å². The molecule has 2 aromatic carbocycles. The Morgan fingerprint density at radius 3 is 2.50 bits per heavy atom. The molecule has 0 atom stereocenters. The van der Waals surface area contributed by atoms with Crippen LogP contribution in [0.3, 0.4) is 0 Å². The van der Waals surface area contributed by atoms with Gasteiger partial charge < -0.3 is 10.1 Å². The maximum absolute atomic E-state index is 11.7. The highest BCUT2D eigenvalue weighted by Crippen LogP contribution is 2.26. The van der Waals surface area contributed by atoms with Gasteiger partial charge in [0.1, 0.15) is 0 Å². The maximum Gasteiger partial charge on any atom is 0.339 e. The fourth-order valence-corrected chi connectivity index (χ4v) is 1.71. The Hall–Kier alpha value is -2.89. The number of nitro benzene ring substituents is 1. The van der Waals surface area contributed by atoms with Crippen molar-refractivity contribution in [2.24, 2.45) is 0 Å². The molecule has 0 radical (unpaired) electrons. The number of anilines is 2. The van der Waals surface area contributed by atoms with Crippen molar-refractivity contribution in [3.8, 4) is 0 Å². The molecule has 102 valence electrons. The number of non-ortho nitro benzene ring substituents is 1. The number of carbonyl (C=O) groups is 1. The number of ether oxygens (including phenoxy) is 1. The van der Waals surface area contributed by atoms with Gasteiger partial charge in [0.2, 0.25) is 0 Å². The van der Waals surface area contributed by atoms with E-state index in [1.807, 2.05) is 18.2 Å². The zero-order valence-electron chi connectivity index (χ0n) is 10.7. The topological polar surface area (TPSA) is 81.5 Å². The van der Waals surface area contributed by atoms with Gasteiger partial charge in [-0.2, -0.15) is 0 Å². The van der Waals surface area contributed by atoms with Crippen LogP contribution in [0.5, 0.6) is 0 Å². The molecular weight excluding hydrogens is 260 g/mol. The Morgan fingerprint density at radius 2 is 1.90 bits per heavy atom. The molecule has 20 heavy (non-hydrogen) atoms. The molecule has 0 saturated carbocycles. The molecule has 0 amide bonds. The van der Waals surface area contributed by atoms with Crippen LogP contribution < -0.4 is 5.32 Å². The van der Waals surface area contributed by atoms with Crippen LogP contribution >= 0.6 is 0 Å². The molecule has 1 N–H and O–H groups in total. The smallest absolute Gasteiger partial charge is 0.339 e. The van der Waals surface area contributed by atoms with Crippen molar-refractivity contribution in [2.75, 3.05) is 12.4 Å². The molecular formula is C14H12N2O4. The number of hydrogen-bond acceptors (Lipinski definition) is 5. The SMILES string of the molecule is COC(=O)c1ccc([N+](=O)[O-])cc1Nc1ccccc1. The maximum atomic E-state index is 11.7. The van der Waals surface area contributed by atoms with Crippen LogP contribution in [-0.4, -0.2) is 18.0 Å². The first-order chi connectivity index (χ1) is 9.61. The molecule has 0 fully saturated rings. The summed E-state index contributed by atoms with van der Waals surface area (Å²) in [6.45, 7) is 0. The molecule has 0 unspecified atom stereocenters. The first-order valence-electron chi connectivity index (χ1n) is 5.80. The van der Waals surface area contributed by atoms with E-state index in [2.05, 4.69) is 10.1 Å². The Labute approximate surface area is 115 Å². The molecule has 6 nitrogen and oxygen atoms in total. The summed E-state index contributed by atoms with van der Waals surface area (Å²) in [5, 5.41) is 13.8. The summed E-state index contributed by atoms with van der Waals surface area (Å²) in [7, 11) is 1.26. The van der Waals surface area contributed by atoms with E-state index in [0.29, 0.717) is 5.69 Å². The van der Waals surface area contributed by atoms with Gasteiger partial charge in [-0.3, -0.25) is 10.1 Å². The summed E-state index contributed by atoms with van der Waals surface area (Å²) in [6.07, 6.45) is 0. The number of nitrogens with zero attached hydrogens (tertiary/aromatic N) is 1. The Bertz CT molecular complexity index is 641. The lowest BCUT2D eigenvalue weighted by molar-refractivity contribution is -0.384. The minimum absolute atomic E-state index is 0.101. The highest BCUT2D eigenvalue weighted by atomic mass is 16.6. The number of benzene rings is 2. The summed E-state index contributed by atoms with van der Waals surface area (Å²) in [5.41, 5.74) is 1.19. The highest BCUT2D eigenvalue weighted by molar-refractivity contribution is 5.97. The van der Waals surface area contributed by atoms with Crippen LogP contribution in [0.1, 0.15) is 10.4 Å². The van der Waals surface area contributed by atoms with E-state index < -0.39 is 10.9 Å². The van der Waals surface area contributed by atoms with Crippen molar-refractivity contribution in [3.63, 3.8) is 0 Å². The first-order valence-corrected chi connectivity index (χ1v) is 5.80. The molecule has 2 rings (SSSR count). The average molecular weight is 272 g/mol. The number of hydrogen-bond donors (Lipinski definition) is 1. The van der Waals surface area contributed by atoms with Crippen LogP contribution in [-0.2, 0) is 4.74 Å². The van der Waals surface area contributed by atoms with Gasteiger partial charge in [0.15, 0.2) is 0 Å². The Morgan fingerprint density at radius 1 is 1.20 bits per heavy atom. The minimum Gasteiger partial charge on any atom is -0.465 e. The quantitative estimate of drug-likeness (QED) is 0.525. The minimum atomic E-state index is -0.557. The summed E-state index contributed by atoms with van der Waals surface area (Å²) in [5.74, 6) is -0.557. The summed E-state index contributed by atoms with van der Waals surface area (Å²) < 4.78 is 4.67. The van der Waals surface area contributed by atoms with Crippen LogP contribution in [0, 0.1) is 10.1 Å². The average Bonchev–Trinajstić information content (AvgIpc) is 2.47. The predicted molar refractivity (Wildman–Crippen MR) is 74.2 cm³/mol. The second-order valence-electron chi connectivity index (χ2n) is 3.97. The number of nitrogens with one attached hydrogen (secondary N) is 1. The van der Waals surface area contributed by atoms with Crippen molar-refractivity contribution in [2.45, 2.75) is 0 Å². The molecule has 0 aromatic heterocycles. The molecule has 0 saturated heterocycles. The molecule has 2 aromatic rings. The van der Waals surface area contributed by atoms with Crippen LogP contribution in [0.25, 0.3) is 0 Å². The van der Waals surface area contributed by atoms with Gasteiger partial charge >= 0.3 is 5.97 Å². The standard InChI is InChI=1S/C14H12N2O4/c1-20-14(17)12-8-7-11(16(18)19)9-13(12)15-10-5-3-2-4-6-10/h2-9,15H,1H3. The molecule has 0 aliphatic heterocycles. The molecule has 0 spiro atoms. The van der Waals surface area contributed by atoms with Gasteiger partial charge in [0.05, 0.1) is 23.3 Å². The van der Waals surface area contributed by atoms with E-state index in [-0.39, 0.29) is 11.3 Å². The number of methoxy groups -OCH3 is 1. The van der Waals surface area contributed by atoms with Gasteiger partial charge in [0.25, 0.3) is 5.69 Å². The van der Waals surface area contributed by atoms with Crippen molar-refractivity contribution in [1.29, 1.82) is 0 Å². The third-order valence-electron chi connectivity index (χ3n) is 2.67. The molecule has 6 heteroatoms. The van der Waals surface area contributed by atoms with Crippen LogP contribution in [0.2, 0.25) is 0 Å². The van der Waals surface area contributed by atoms with E-state index in [9.17, 15) is 14.9 Å². The lowest BCUT2D eigenvalue weighted by atomic mass is 10.1. The van der Waals surface area contributed by atoms with E-state index in [0.717, 1.165) is 5.69 Å². The number of para-hydroxylation sites is 1. The monoisotopic (exact) mass is 272 g/mol. The second-order valence-corrected chi connectivity index (χ2v) is 3.97. The zero-order chi connectivity index (χ0) is 14.5. The molecule has 0 heterocycles. The zero-order valence-corrected chi connectivity index (χ0v) is 10.7. The van der Waals surface area contributed by atoms with Crippen LogP contribution in [0.4, 0.5) is 17.1 Å². The van der Waals surface area contributed by atoms with Crippen LogP contribution in [0.15, 0.2) is 48.5 Å². The fraction of sp³-hybridized carbons (Fsp3) is 0.0714. The number of rotatable bonds is 4. The molecule has 0 bridgehead atoms. The lowest BCUT2D eigenvalue weighted by Crippen LogP contribution is -2.06. The van der Waals surface area contributed by atoms with E-state index in [1.54, 1.807) is 12.1 Å². The third kappa shape index (κ3) is 2.92. The second kappa shape index (κ2) is 5.83. The number of nitro groups is 1. The first kappa shape index (κ1) is 13.5. The van der Waals surface area contributed by atoms with E-state index in [1.165, 1.54) is 25.3 Å². The normalized spacial score (nSPS) is 9.85. The number of esters is 1. The summed E-state index contributed by atoms with van der Waals surface area (Å²) >= 11 is 0. The van der Waals surface area contributed by atoms with Gasteiger partial charge in [-0.05, 0) is 18.2 Å². The Balaban J connectivity index is 2.44.